The van der Waals surface area contributed by atoms with Crippen LogP contribution in [0.2, 0.25) is 0 Å². The SMILES string of the molecule is CN(C)C1CN(C(=O)c2cccc(B(O)O)c2)C1. The highest BCUT2D eigenvalue weighted by molar-refractivity contribution is 6.58. The van der Waals surface area contributed by atoms with Crippen molar-refractivity contribution >= 4 is 18.5 Å². The summed E-state index contributed by atoms with van der Waals surface area (Å²) >= 11 is 0. The number of amides is 1. The number of hydrogen-bond donors (Lipinski definition) is 2. The number of likely N-dealkylation sites (N-methyl/N-ethyl adjacent to an activating group) is 1. The normalized spacial score (nSPS) is 15.7. The van der Waals surface area contributed by atoms with Crippen LogP contribution in [0.4, 0.5) is 0 Å². The van der Waals surface area contributed by atoms with Gasteiger partial charge in [0.1, 0.15) is 0 Å². The third kappa shape index (κ3) is 2.55. The third-order valence-electron chi connectivity index (χ3n) is 3.31. The molecule has 2 N–H and O–H groups in total. The maximum absolute atomic E-state index is 12.1. The first kappa shape index (κ1) is 13.1. The van der Waals surface area contributed by atoms with E-state index >= 15 is 0 Å². The van der Waals surface area contributed by atoms with Gasteiger partial charge in [-0.1, -0.05) is 12.1 Å². The Kier molecular flexibility index (Phi) is 3.70. The molecule has 18 heavy (non-hydrogen) atoms. The summed E-state index contributed by atoms with van der Waals surface area (Å²) in [6, 6.07) is 6.87. The van der Waals surface area contributed by atoms with Crippen molar-refractivity contribution in [2.24, 2.45) is 0 Å². The standard InChI is InChI=1S/C12H17BN2O3/c1-14(2)11-7-15(8-11)12(16)9-4-3-5-10(6-9)13(17)18/h3-6,11,17-18H,7-8H2,1-2H3. The van der Waals surface area contributed by atoms with Crippen LogP contribution in [0.3, 0.4) is 0 Å². The van der Waals surface area contributed by atoms with Gasteiger partial charge in [-0.05, 0) is 31.7 Å². The van der Waals surface area contributed by atoms with Crippen LogP contribution in [-0.4, -0.2) is 66.1 Å². The summed E-state index contributed by atoms with van der Waals surface area (Å²) in [5.41, 5.74) is 0.836. The first-order valence-electron chi connectivity index (χ1n) is 5.91. The molecule has 0 saturated carbocycles. The quantitative estimate of drug-likeness (QED) is 0.656. The Morgan fingerprint density at radius 2 is 2.06 bits per heavy atom. The van der Waals surface area contributed by atoms with Gasteiger partial charge in [-0.25, -0.2) is 0 Å². The van der Waals surface area contributed by atoms with Crippen molar-refractivity contribution in [2.45, 2.75) is 6.04 Å². The highest BCUT2D eigenvalue weighted by Gasteiger charge is 2.32. The van der Waals surface area contributed by atoms with E-state index in [1.165, 1.54) is 6.07 Å². The molecule has 1 amide bonds. The van der Waals surface area contributed by atoms with Crippen molar-refractivity contribution in [1.82, 2.24) is 9.80 Å². The first-order valence-corrected chi connectivity index (χ1v) is 5.91. The molecule has 0 spiro atoms. The number of likely N-dealkylation sites (tertiary alicyclic amines) is 1. The number of nitrogens with zero attached hydrogens (tertiary/aromatic N) is 2. The highest BCUT2D eigenvalue weighted by atomic mass is 16.4. The minimum Gasteiger partial charge on any atom is -0.423 e. The molecule has 96 valence electrons. The summed E-state index contributed by atoms with van der Waals surface area (Å²) in [6.07, 6.45) is 0. The van der Waals surface area contributed by atoms with E-state index in [1.54, 1.807) is 23.1 Å². The summed E-state index contributed by atoms with van der Waals surface area (Å²) in [4.78, 5) is 16.0. The zero-order valence-electron chi connectivity index (χ0n) is 10.6. The molecule has 1 fully saturated rings. The topological polar surface area (TPSA) is 64.0 Å². The highest BCUT2D eigenvalue weighted by Crippen LogP contribution is 2.15. The average molecular weight is 248 g/mol. The fourth-order valence-corrected chi connectivity index (χ4v) is 1.96. The van der Waals surface area contributed by atoms with Gasteiger partial charge in [0.2, 0.25) is 0 Å². The number of carbonyl (C=O) groups is 1. The molecular weight excluding hydrogens is 231 g/mol. The van der Waals surface area contributed by atoms with Gasteiger partial charge >= 0.3 is 7.12 Å². The summed E-state index contributed by atoms with van der Waals surface area (Å²) in [6.45, 7) is 1.44. The molecule has 5 nitrogen and oxygen atoms in total. The Morgan fingerprint density at radius 3 is 2.61 bits per heavy atom. The molecule has 1 heterocycles. The zero-order valence-corrected chi connectivity index (χ0v) is 10.6. The van der Waals surface area contributed by atoms with Gasteiger partial charge in [-0.2, -0.15) is 0 Å². The van der Waals surface area contributed by atoms with E-state index in [4.69, 9.17) is 10.0 Å². The Balaban J connectivity index is 2.04. The molecule has 0 radical (unpaired) electrons. The molecule has 1 aliphatic heterocycles. The predicted molar refractivity (Wildman–Crippen MR) is 69.6 cm³/mol. The van der Waals surface area contributed by atoms with Gasteiger partial charge in [0.25, 0.3) is 5.91 Å². The molecule has 0 atom stereocenters. The molecule has 2 rings (SSSR count). The second kappa shape index (κ2) is 5.10. The van der Waals surface area contributed by atoms with Crippen molar-refractivity contribution in [3.05, 3.63) is 29.8 Å². The Bertz CT molecular complexity index is 445. The van der Waals surface area contributed by atoms with Gasteiger partial charge in [0.15, 0.2) is 0 Å². The number of carbonyl (C=O) groups excluding carboxylic acids is 1. The van der Waals surface area contributed by atoms with E-state index in [0.717, 1.165) is 13.1 Å². The molecular formula is C12H17BN2O3. The maximum Gasteiger partial charge on any atom is 0.488 e. The largest absolute Gasteiger partial charge is 0.488 e. The van der Waals surface area contributed by atoms with Crippen molar-refractivity contribution in [2.75, 3.05) is 27.2 Å². The minimum absolute atomic E-state index is 0.0596. The van der Waals surface area contributed by atoms with E-state index in [2.05, 4.69) is 4.90 Å². The number of hydrogen-bond acceptors (Lipinski definition) is 4. The summed E-state index contributed by atoms with van der Waals surface area (Å²) in [5, 5.41) is 18.2. The average Bonchev–Trinajstić information content (AvgIpc) is 2.26. The molecule has 0 aliphatic carbocycles. The van der Waals surface area contributed by atoms with E-state index in [0.29, 0.717) is 17.1 Å². The van der Waals surface area contributed by atoms with Gasteiger partial charge in [0.05, 0.1) is 0 Å². The third-order valence-corrected chi connectivity index (χ3v) is 3.31. The smallest absolute Gasteiger partial charge is 0.423 e. The first-order chi connectivity index (χ1) is 8.49. The minimum atomic E-state index is -1.54. The lowest BCUT2D eigenvalue weighted by Crippen LogP contribution is -2.59. The molecule has 1 saturated heterocycles. The molecule has 1 aromatic rings. The molecule has 1 aromatic carbocycles. The lowest BCUT2D eigenvalue weighted by atomic mass is 9.79. The predicted octanol–water partition coefficient (Wildman–Crippen LogP) is -1.25. The molecule has 0 unspecified atom stereocenters. The van der Waals surface area contributed by atoms with Crippen LogP contribution < -0.4 is 5.46 Å². The molecule has 1 aliphatic rings. The van der Waals surface area contributed by atoms with Crippen LogP contribution in [-0.2, 0) is 0 Å². The number of benzene rings is 1. The van der Waals surface area contributed by atoms with Gasteiger partial charge < -0.3 is 19.8 Å². The van der Waals surface area contributed by atoms with Crippen LogP contribution in [0.15, 0.2) is 24.3 Å². The van der Waals surface area contributed by atoms with Gasteiger partial charge in [0, 0.05) is 24.7 Å². The van der Waals surface area contributed by atoms with Crippen LogP contribution in [0, 0.1) is 0 Å². The van der Waals surface area contributed by atoms with E-state index in [-0.39, 0.29) is 5.91 Å². The maximum atomic E-state index is 12.1. The van der Waals surface area contributed by atoms with Crippen molar-refractivity contribution in [3.8, 4) is 0 Å². The lowest BCUT2D eigenvalue weighted by molar-refractivity contribution is 0.0399. The van der Waals surface area contributed by atoms with Gasteiger partial charge in [-0.15, -0.1) is 0 Å². The van der Waals surface area contributed by atoms with Crippen molar-refractivity contribution in [1.29, 1.82) is 0 Å². The van der Waals surface area contributed by atoms with Crippen molar-refractivity contribution < 1.29 is 14.8 Å². The Hall–Kier alpha value is -1.37. The fraction of sp³-hybridized carbons (Fsp3) is 0.417. The summed E-state index contributed by atoms with van der Waals surface area (Å²) in [7, 11) is 2.45. The summed E-state index contributed by atoms with van der Waals surface area (Å²) in [5.74, 6) is -0.0596. The number of rotatable bonds is 3. The second-order valence-electron chi connectivity index (χ2n) is 4.83. The Labute approximate surface area is 107 Å². The Morgan fingerprint density at radius 1 is 1.39 bits per heavy atom. The second-order valence-corrected chi connectivity index (χ2v) is 4.83. The summed E-state index contributed by atoms with van der Waals surface area (Å²) < 4.78 is 0. The molecule has 0 aromatic heterocycles. The molecule has 0 bridgehead atoms. The molecule has 6 heteroatoms. The lowest BCUT2D eigenvalue weighted by Gasteiger charge is -2.42. The fourth-order valence-electron chi connectivity index (χ4n) is 1.96. The van der Waals surface area contributed by atoms with E-state index < -0.39 is 7.12 Å². The van der Waals surface area contributed by atoms with E-state index in [9.17, 15) is 4.79 Å². The van der Waals surface area contributed by atoms with Crippen LogP contribution >= 0.6 is 0 Å². The van der Waals surface area contributed by atoms with E-state index in [1.807, 2.05) is 14.1 Å². The van der Waals surface area contributed by atoms with Crippen LogP contribution in [0.1, 0.15) is 10.4 Å². The van der Waals surface area contributed by atoms with Gasteiger partial charge in [-0.3, -0.25) is 4.79 Å². The van der Waals surface area contributed by atoms with Crippen LogP contribution in [0.5, 0.6) is 0 Å². The monoisotopic (exact) mass is 248 g/mol. The zero-order chi connectivity index (χ0) is 13.3. The van der Waals surface area contributed by atoms with Crippen LogP contribution in [0.25, 0.3) is 0 Å². The van der Waals surface area contributed by atoms with Crippen molar-refractivity contribution in [3.63, 3.8) is 0 Å².